The van der Waals surface area contributed by atoms with Crippen LogP contribution in [0.1, 0.15) is 46.0 Å². The fraction of sp³-hybridized carbons (Fsp3) is 0.923. The molecule has 1 heterocycles. The molecule has 3 heteroatoms. The fourth-order valence-corrected chi connectivity index (χ4v) is 3.04. The number of hydrogen-bond donors (Lipinski definition) is 0. The van der Waals surface area contributed by atoms with E-state index in [-0.39, 0.29) is 17.4 Å². The van der Waals surface area contributed by atoms with Crippen LogP contribution in [-0.2, 0) is 4.79 Å². The van der Waals surface area contributed by atoms with Gasteiger partial charge in [-0.3, -0.25) is 4.79 Å². The lowest BCUT2D eigenvalue weighted by Gasteiger charge is -2.29. The highest BCUT2D eigenvalue weighted by Gasteiger charge is 2.52. The van der Waals surface area contributed by atoms with Gasteiger partial charge in [-0.1, -0.05) is 26.7 Å². The van der Waals surface area contributed by atoms with Crippen molar-refractivity contribution in [3.8, 4) is 0 Å². The average molecular weight is 244 g/mol. The number of nitrogens with zero attached hydrogens (tertiary/aromatic N) is 1. The van der Waals surface area contributed by atoms with Gasteiger partial charge in [-0.15, -0.1) is 11.6 Å². The van der Waals surface area contributed by atoms with Crippen molar-refractivity contribution >= 4 is 17.5 Å². The Labute approximate surface area is 103 Å². The van der Waals surface area contributed by atoms with E-state index in [9.17, 15) is 4.79 Å². The van der Waals surface area contributed by atoms with Gasteiger partial charge in [-0.05, 0) is 24.7 Å². The first kappa shape index (κ1) is 12.2. The molecular weight excluding hydrogens is 222 g/mol. The number of halogens is 1. The first-order chi connectivity index (χ1) is 7.56. The maximum absolute atomic E-state index is 12.4. The second kappa shape index (κ2) is 4.56. The van der Waals surface area contributed by atoms with Gasteiger partial charge in [0.25, 0.3) is 0 Å². The summed E-state index contributed by atoms with van der Waals surface area (Å²) in [5.74, 6) is 1.22. The summed E-state index contributed by atoms with van der Waals surface area (Å²) in [6, 6.07) is 0.285. The van der Waals surface area contributed by atoms with E-state index in [0.29, 0.717) is 11.8 Å². The van der Waals surface area contributed by atoms with Crippen molar-refractivity contribution in [2.75, 3.05) is 12.4 Å². The van der Waals surface area contributed by atoms with Crippen LogP contribution in [0.2, 0.25) is 0 Å². The Morgan fingerprint density at radius 2 is 2.06 bits per heavy atom. The summed E-state index contributed by atoms with van der Waals surface area (Å²) in [7, 11) is 0. The largest absolute Gasteiger partial charge is 0.338 e. The SMILES string of the molecule is CC1(C)CC1C(=O)N1CCCCCC1CCl. The van der Waals surface area contributed by atoms with Crippen molar-refractivity contribution in [2.45, 2.75) is 52.0 Å². The summed E-state index contributed by atoms with van der Waals surface area (Å²) >= 11 is 5.99. The van der Waals surface area contributed by atoms with E-state index < -0.39 is 0 Å². The van der Waals surface area contributed by atoms with Crippen LogP contribution in [0, 0.1) is 11.3 Å². The van der Waals surface area contributed by atoms with Crippen molar-refractivity contribution in [3.63, 3.8) is 0 Å². The van der Waals surface area contributed by atoms with Crippen molar-refractivity contribution in [3.05, 3.63) is 0 Å². The molecule has 2 nitrogen and oxygen atoms in total. The van der Waals surface area contributed by atoms with Crippen LogP contribution in [0.3, 0.4) is 0 Å². The first-order valence-electron chi connectivity index (χ1n) is 6.43. The lowest BCUT2D eigenvalue weighted by atomic mass is 10.1. The molecule has 0 N–H and O–H groups in total. The minimum Gasteiger partial charge on any atom is -0.338 e. The van der Waals surface area contributed by atoms with Gasteiger partial charge in [0.1, 0.15) is 0 Å². The van der Waals surface area contributed by atoms with Gasteiger partial charge in [0, 0.05) is 24.4 Å². The van der Waals surface area contributed by atoms with Crippen LogP contribution in [-0.4, -0.2) is 29.3 Å². The molecule has 92 valence electrons. The van der Waals surface area contributed by atoms with Gasteiger partial charge in [-0.2, -0.15) is 0 Å². The number of alkyl halides is 1. The van der Waals surface area contributed by atoms with E-state index in [1.54, 1.807) is 0 Å². The smallest absolute Gasteiger partial charge is 0.226 e. The monoisotopic (exact) mass is 243 g/mol. The third kappa shape index (κ3) is 2.37. The van der Waals surface area contributed by atoms with E-state index in [4.69, 9.17) is 11.6 Å². The Kier molecular flexibility index (Phi) is 3.48. The van der Waals surface area contributed by atoms with Crippen molar-refractivity contribution < 1.29 is 4.79 Å². The lowest BCUT2D eigenvalue weighted by molar-refractivity contribution is -0.135. The first-order valence-corrected chi connectivity index (χ1v) is 6.96. The van der Waals surface area contributed by atoms with E-state index in [1.165, 1.54) is 12.8 Å². The topological polar surface area (TPSA) is 20.3 Å². The zero-order chi connectivity index (χ0) is 11.8. The third-order valence-electron chi connectivity index (χ3n) is 4.15. The second-order valence-corrected chi connectivity index (χ2v) is 6.24. The van der Waals surface area contributed by atoms with Crippen molar-refractivity contribution in [2.24, 2.45) is 11.3 Å². The molecule has 2 rings (SSSR count). The number of carbonyl (C=O) groups is 1. The molecule has 0 aromatic heterocycles. The van der Waals surface area contributed by atoms with Crippen molar-refractivity contribution in [1.29, 1.82) is 0 Å². The molecule has 1 aliphatic carbocycles. The molecule has 2 unspecified atom stereocenters. The molecular formula is C13H22ClNO. The van der Waals surface area contributed by atoms with Crippen LogP contribution < -0.4 is 0 Å². The minimum absolute atomic E-state index is 0.236. The normalized spacial score (nSPS) is 33.3. The highest BCUT2D eigenvalue weighted by molar-refractivity contribution is 6.18. The standard InChI is InChI=1S/C13H22ClNO/c1-13(2)8-11(13)12(16)15-7-5-3-4-6-10(15)9-14/h10-11H,3-9H2,1-2H3. The van der Waals surface area contributed by atoms with E-state index >= 15 is 0 Å². The Balaban J connectivity index is 2.02. The number of hydrogen-bond acceptors (Lipinski definition) is 1. The molecule has 2 atom stereocenters. The Bertz CT molecular complexity index is 277. The molecule has 1 saturated heterocycles. The molecule has 2 fully saturated rings. The lowest BCUT2D eigenvalue weighted by Crippen LogP contribution is -2.42. The quantitative estimate of drug-likeness (QED) is 0.683. The fourth-order valence-electron chi connectivity index (χ4n) is 2.72. The van der Waals surface area contributed by atoms with Crippen LogP contribution in [0.15, 0.2) is 0 Å². The van der Waals surface area contributed by atoms with Gasteiger partial charge in [0.2, 0.25) is 5.91 Å². The molecule has 0 spiro atoms. The number of rotatable bonds is 2. The molecule has 0 radical (unpaired) electrons. The van der Waals surface area contributed by atoms with E-state index in [1.807, 2.05) is 0 Å². The summed E-state index contributed by atoms with van der Waals surface area (Å²) in [6.07, 6.45) is 5.74. The number of carbonyl (C=O) groups excluding carboxylic acids is 1. The summed E-state index contributed by atoms with van der Waals surface area (Å²) in [5, 5.41) is 0. The predicted octanol–water partition coefficient (Wildman–Crippen LogP) is 3.04. The third-order valence-corrected chi connectivity index (χ3v) is 4.51. The molecule has 0 bridgehead atoms. The van der Waals surface area contributed by atoms with Gasteiger partial charge in [0.15, 0.2) is 0 Å². The van der Waals surface area contributed by atoms with Crippen LogP contribution in [0.4, 0.5) is 0 Å². The van der Waals surface area contributed by atoms with Crippen LogP contribution in [0.5, 0.6) is 0 Å². The van der Waals surface area contributed by atoms with Crippen LogP contribution in [0.25, 0.3) is 0 Å². The van der Waals surface area contributed by atoms with Crippen LogP contribution >= 0.6 is 11.6 Å². The van der Waals surface area contributed by atoms with Gasteiger partial charge in [-0.25, -0.2) is 0 Å². The Morgan fingerprint density at radius 3 is 2.62 bits per heavy atom. The summed E-state index contributed by atoms with van der Waals surface area (Å²) in [5.41, 5.74) is 0.236. The Morgan fingerprint density at radius 1 is 1.38 bits per heavy atom. The number of likely N-dealkylation sites (tertiary alicyclic amines) is 1. The van der Waals surface area contributed by atoms with E-state index in [0.717, 1.165) is 25.8 Å². The summed E-state index contributed by atoms with van der Waals surface area (Å²) in [4.78, 5) is 14.4. The van der Waals surface area contributed by atoms with Crippen molar-refractivity contribution in [1.82, 2.24) is 4.90 Å². The molecule has 2 aliphatic rings. The molecule has 1 saturated carbocycles. The summed E-state index contributed by atoms with van der Waals surface area (Å²) in [6.45, 7) is 5.29. The van der Waals surface area contributed by atoms with Gasteiger partial charge in [0.05, 0.1) is 0 Å². The Hall–Kier alpha value is -0.240. The second-order valence-electron chi connectivity index (χ2n) is 5.93. The zero-order valence-corrected chi connectivity index (χ0v) is 11.1. The average Bonchev–Trinajstić information content (AvgIpc) is 2.94. The minimum atomic E-state index is 0.236. The molecule has 0 aromatic carbocycles. The highest BCUT2D eigenvalue weighted by atomic mass is 35.5. The number of amides is 1. The summed E-state index contributed by atoms with van der Waals surface area (Å²) < 4.78 is 0. The molecule has 1 amide bonds. The van der Waals surface area contributed by atoms with Gasteiger partial charge >= 0.3 is 0 Å². The highest BCUT2D eigenvalue weighted by Crippen LogP contribution is 2.52. The van der Waals surface area contributed by atoms with E-state index in [2.05, 4.69) is 18.7 Å². The molecule has 0 aromatic rings. The molecule has 1 aliphatic heterocycles. The van der Waals surface area contributed by atoms with Gasteiger partial charge < -0.3 is 4.90 Å². The maximum Gasteiger partial charge on any atom is 0.226 e. The maximum atomic E-state index is 12.4. The molecule has 16 heavy (non-hydrogen) atoms. The predicted molar refractivity (Wildman–Crippen MR) is 66.6 cm³/mol. The zero-order valence-electron chi connectivity index (χ0n) is 10.3.